The first-order chi connectivity index (χ1) is 12.9. The van der Waals surface area contributed by atoms with Crippen molar-refractivity contribution in [3.63, 3.8) is 0 Å². The number of nitrogens with one attached hydrogen (secondary N) is 1. The van der Waals surface area contributed by atoms with Crippen molar-refractivity contribution < 1.29 is 4.79 Å². The van der Waals surface area contributed by atoms with Crippen LogP contribution in [0.5, 0.6) is 0 Å². The second kappa shape index (κ2) is 8.30. The highest BCUT2D eigenvalue weighted by Crippen LogP contribution is 2.31. The van der Waals surface area contributed by atoms with Gasteiger partial charge < -0.3 is 4.57 Å². The fraction of sp³-hybridized carbons (Fsp3) is 0.100. The molecule has 0 aliphatic carbocycles. The zero-order valence-electron chi connectivity index (χ0n) is 14.6. The summed E-state index contributed by atoms with van der Waals surface area (Å²) in [7, 11) is 0. The van der Waals surface area contributed by atoms with E-state index in [9.17, 15) is 4.79 Å². The van der Waals surface area contributed by atoms with E-state index >= 15 is 0 Å². The Morgan fingerprint density at radius 3 is 2.56 bits per heavy atom. The first-order valence-electron chi connectivity index (χ1n) is 8.11. The standard InChI is InChI=1S/C20H16BrCl2N3O/c1-12-10-15(11-24-25-20(27)14-6-8-16(21)9-7-14)13(2)26(12)18-5-3-4-17(22)19(18)23/h3-11H,1-2H3,(H,25,27)/b24-11-. The monoisotopic (exact) mass is 463 g/mol. The van der Waals surface area contributed by atoms with E-state index < -0.39 is 0 Å². The van der Waals surface area contributed by atoms with Crippen LogP contribution in [0.4, 0.5) is 0 Å². The normalized spacial score (nSPS) is 11.1. The fourth-order valence-corrected chi connectivity index (χ4v) is 3.42. The average molecular weight is 465 g/mol. The number of hydrazone groups is 1. The lowest BCUT2D eigenvalue weighted by molar-refractivity contribution is 0.0955. The van der Waals surface area contributed by atoms with Gasteiger partial charge in [0.1, 0.15) is 0 Å². The average Bonchev–Trinajstić information content (AvgIpc) is 2.92. The molecule has 0 saturated carbocycles. The molecule has 3 rings (SSSR count). The molecule has 0 fully saturated rings. The molecular formula is C20H16BrCl2N3O. The molecule has 1 N–H and O–H groups in total. The van der Waals surface area contributed by atoms with Crippen LogP contribution in [0.3, 0.4) is 0 Å². The van der Waals surface area contributed by atoms with Gasteiger partial charge in [-0.15, -0.1) is 0 Å². The molecular weight excluding hydrogens is 449 g/mol. The summed E-state index contributed by atoms with van der Waals surface area (Å²) in [5.74, 6) is -0.273. The number of carbonyl (C=O) groups is 1. The molecule has 0 saturated heterocycles. The lowest BCUT2D eigenvalue weighted by Gasteiger charge is -2.12. The zero-order chi connectivity index (χ0) is 19.6. The van der Waals surface area contributed by atoms with E-state index in [-0.39, 0.29) is 5.91 Å². The molecule has 138 valence electrons. The van der Waals surface area contributed by atoms with Crippen LogP contribution in [0.2, 0.25) is 10.0 Å². The Hall–Kier alpha value is -2.08. The highest BCUT2D eigenvalue weighted by Gasteiger charge is 2.13. The van der Waals surface area contributed by atoms with Gasteiger partial charge >= 0.3 is 0 Å². The SMILES string of the molecule is Cc1cc(/C=N\NC(=O)c2ccc(Br)cc2)c(C)n1-c1cccc(Cl)c1Cl. The molecule has 0 unspecified atom stereocenters. The predicted octanol–water partition coefficient (Wildman–Crippen LogP) is 5.93. The number of rotatable bonds is 4. The van der Waals surface area contributed by atoms with Gasteiger partial charge in [0.2, 0.25) is 0 Å². The number of amides is 1. The number of halogens is 3. The smallest absolute Gasteiger partial charge is 0.271 e. The van der Waals surface area contributed by atoms with Crippen molar-refractivity contribution in [2.75, 3.05) is 0 Å². The number of hydrogen-bond acceptors (Lipinski definition) is 2. The van der Waals surface area contributed by atoms with Crippen LogP contribution in [0, 0.1) is 13.8 Å². The van der Waals surface area contributed by atoms with Crippen molar-refractivity contribution in [1.82, 2.24) is 9.99 Å². The van der Waals surface area contributed by atoms with Gasteiger partial charge in [0, 0.05) is 27.0 Å². The summed E-state index contributed by atoms with van der Waals surface area (Å²) in [6.45, 7) is 3.93. The molecule has 0 radical (unpaired) electrons. The quantitative estimate of drug-likeness (QED) is 0.377. The van der Waals surface area contributed by atoms with Crippen molar-refractivity contribution in [2.24, 2.45) is 5.10 Å². The van der Waals surface area contributed by atoms with Crippen molar-refractivity contribution in [3.05, 3.63) is 85.6 Å². The van der Waals surface area contributed by atoms with Crippen LogP contribution < -0.4 is 5.43 Å². The molecule has 1 aromatic heterocycles. The van der Waals surface area contributed by atoms with Crippen molar-refractivity contribution in [2.45, 2.75) is 13.8 Å². The molecule has 0 aliphatic heterocycles. The second-order valence-electron chi connectivity index (χ2n) is 5.94. The molecule has 1 amide bonds. The van der Waals surface area contributed by atoms with E-state index in [1.165, 1.54) is 0 Å². The van der Waals surface area contributed by atoms with Gasteiger partial charge in [0.05, 0.1) is 21.9 Å². The minimum Gasteiger partial charge on any atom is -0.316 e. The summed E-state index contributed by atoms with van der Waals surface area (Å²) in [5, 5.41) is 5.07. The lowest BCUT2D eigenvalue weighted by atomic mass is 10.2. The topological polar surface area (TPSA) is 46.4 Å². The van der Waals surface area contributed by atoms with E-state index in [2.05, 4.69) is 26.5 Å². The van der Waals surface area contributed by atoms with Gasteiger partial charge in [-0.2, -0.15) is 5.10 Å². The van der Waals surface area contributed by atoms with Crippen molar-refractivity contribution in [1.29, 1.82) is 0 Å². The van der Waals surface area contributed by atoms with Crippen LogP contribution >= 0.6 is 39.1 Å². The summed E-state index contributed by atoms with van der Waals surface area (Å²) in [4.78, 5) is 12.1. The Morgan fingerprint density at radius 2 is 1.85 bits per heavy atom. The van der Waals surface area contributed by atoms with E-state index in [1.54, 1.807) is 36.5 Å². The predicted molar refractivity (Wildman–Crippen MR) is 114 cm³/mol. The highest BCUT2D eigenvalue weighted by molar-refractivity contribution is 9.10. The Labute approximate surface area is 175 Å². The molecule has 1 heterocycles. The van der Waals surface area contributed by atoms with Gasteiger partial charge in [-0.1, -0.05) is 45.2 Å². The molecule has 3 aromatic rings. The maximum absolute atomic E-state index is 12.1. The Bertz CT molecular complexity index is 1030. The third-order valence-electron chi connectivity index (χ3n) is 4.12. The lowest BCUT2D eigenvalue weighted by Crippen LogP contribution is -2.17. The van der Waals surface area contributed by atoms with Crippen LogP contribution in [0.1, 0.15) is 27.3 Å². The van der Waals surface area contributed by atoms with Crippen LogP contribution in [0.15, 0.2) is 58.1 Å². The third kappa shape index (κ3) is 4.26. The van der Waals surface area contributed by atoms with Crippen molar-refractivity contribution >= 4 is 51.3 Å². The van der Waals surface area contributed by atoms with E-state index in [4.69, 9.17) is 23.2 Å². The Kier molecular flexibility index (Phi) is 6.05. The number of aromatic nitrogens is 1. The number of hydrogen-bond donors (Lipinski definition) is 1. The molecule has 4 nitrogen and oxygen atoms in total. The fourth-order valence-electron chi connectivity index (χ4n) is 2.78. The van der Waals surface area contributed by atoms with Crippen LogP contribution in [-0.4, -0.2) is 16.7 Å². The molecule has 2 aromatic carbocycles. The van der Waals surface area contributed by atoms with E-state index in [0.29, 0.717) is 15.6 Å². The summed E-state index contributed by atoms with van der Waals surface area (Å²) in [6.07, 6.45) is 1.62. The first kappa shape index (κ1) is 19.7. The van der Waals surface area contributed by atoms with Crippen molar-refractivity contribution in [3.8, 4) is 5.69 Å². The molecule has 0 spiro atoms. The number of carbonyl (C=O) groups excluding carboxylic acids is 1. The van der Waals surface area contributed by atoms with Crippen LogP contribution in [-0.2, 0) is 0 Å². The van der Waals surface area contributed by atoms with Gasteiger partial charge in [-0.05, 0) is 56.3 Å². The largest absolute Gasteiger partial charge is 0.316 e. The number of benzene rings is 2. The highest BCUT2D eigenvalue weighted by atomic mass is 79.9. The summed E-state index contributed by atoms with van der Waals surface area (Å²) < 4.78 is 2.92. The first-order valence-corrected chi connectivity index (χ1v) is 9.65. The Morgan fingerprint density at radius 1 is 1.15 bits per heavy atom. The van der Waals surface area contributed by atoms with Crippen LogP contribution in [0.25, 0.3) is 5.69 Å². The zero-order valence-corrected chi connectivity index (χ0v) is 17.7. The molecule has 7 heteroatoms. The molecule has 0 atom stereocenters. The van der Waals surface area contributed by atoms with Gasteiger partial charge in [0.15, 0.2) is 0 Å². The molecule has 27 heavy (non-hydrogen) atoms. The third-order valence-corrected chi connectivity index (χ3v) is 5.46. The van der Waals surface area contributed by atoms with Gasteiger partial charge in [-0.25, -0.2) is 5.43 Å². The maximum atomic E-state index is 12.1. The Balaban J connectivity index is 1.82. The number of nitrogens with zero attached hydrogens (tertiary/aromatic N) is 2. The summed E-state index contributed by atoms with van der Waals surface area (Å²) >= 11 is 15.8. The maximum Gasteiger partial charge on any atom is 0.271 e. The molecule has 0 aliphatic rings. The van der Waals surface area contributed by atoms with Gasteiger partial charge in [-0.3, -0.25) is 4.79 Å². The van der Waals surface area contributed by atoms with Gasteiger partial charge in [0.25, 0.3) is 5.91 Å². The minimum absolute atomic E-state index is 0.273. The number of aryl methyl sites for hydroxylation is 1. The minimum atomic E-state index is -0.273. The van der Waals surface area contributed by atoms with E-state index in [1.807, 2.05) is 36.6 Å². The summed E-state index contributed by atoms with van der Waals surface area (Å²) in [5.41, 5.74) is 6.68. The summed E-state index contributed by atoms with van der Waals surface area (Å²) in [6, 6.07) is 14.5. The molecule has 0 bridgehead atoms. The van der Waals surface area contributed by atoms with E-state index in [0.717, 1.165) is 27.1 Å². The second-order valence-corrected chi connectivity index (χ2v) is 7.64.